The van der Waals surface area contributed by atoms with Crippen LogP contribution in [0.25, 0.3) is 0 Å². The monoisotopic (exact) mass is 381 g/mol. The Morgan fingerprint density at radius 2 is 2.14 bits per heavy atom. The lowest BCUT2D eigenvalue weighted by Crippen LogP contribution is -2.49. The van der Waals surface area contributed by atoms with Crippen LogP contribution < -0.4 is 15.5 Å². The molecule has 1 aromatic carbocycles. The molecule has 3 heterocycles. The number of carbonyl (C=O) groups excluding carboxylic acids is 2. The second-order valence-corrected chi connectivity index (χ2v) is 6.81. The number of amides is 2. The van der Waals surface area contributed by atoms with E-state index in [-0.39, 0.29) is 12.6 Å². The molecule has 2 N–H and O–H groups in total. The van der Waals surface area contributed by atoms with Crippen LogP contribution in [0, 0.1) is 0 Å². The Bertz CT molecular complexity index is 904. The number of ether oxygens (including phenoxy) is 1. The zero-order valence-electron chi connectivity index (χ0n) is 15.7. The van der Waals surface area contributed by atoms with E-state index in [0.29, 0.717) is 23.6 Å². The number of anilines is 1. The molecule has 28 heavy (non-hydrogen) atoms. The number of esters is 1. The van der Waals surface area contributed by atoms with Crippen molar-refractivity contribution < 1.29 is 18.7 Å². The molecule has 2 aromatic rings. The molecule has 0 saturated heterocycles. The van der Waals surface area contributed by atoms with Crippen LogP contribution in [0.4, 0.5) is 10.5 Å². The van der Waals surface area contributed by atoms with E-state index in [4.69, 9.17) is 9.15 Å². The Hall–Kier alpha value is -3.22. The van der Waals surface area contributed by atoms with Gasteiger partial charge in [-0.15, -0.1) is 0 Å². The summed E-state index contributed by atoms with van der Waals surface area (Å²) in [5, 5.41) is 5.59. The number of nitrogens with one attached hydrogen (secondary N) is 2. The number of hydrogen-bond acceptors (Lipinski definition) is 5. The maximum Gasteiger partial charge on any atom is 0.338 e. The van der Waals surface area contributed by atoms with Crippen LogP contribution in [0.3, 0.4) is 0 Å². The SMILES string of the molecule is CCOC(=O)C1=C(CN2CCCc3ccccc32)NC(=O)N[C@@H]1c1ccco1. The van der Waals surface area contributed by atoms with Gasteiger partial charge in [-0.3, -0.25) is 0 Å². The highest BCUT2D eigenvalue weighted by molar-refractivity contribution is 5.95. The van der Waals surface area contributed by atoms with Crippen molar-refractivity contribution in [3.8, 4) is 0 Å². The van der Waals surface area contributed by atoms with Crippen LogP contribution in [0.1, 0.15) is 30.7 Å². The van der Waals surface area contributed by atoms with Crippen LogP contribution >= 0.6 is 0 Å². The quantitative estimate of drug-likeness (QED) is 0.778. The lowest BCUT2D eigenvalue weighted by Gasteiger charge is -2.35. The Labute approximate surface area is 163 Å². The Morgan fingerprint density at radius 1 is 1.29 bits per heavy atom. The summed E-state index contributed by atoms with van der Waals surface area (Å²) in [5.41, 5.74) is 3.32. The van der Waals surface area contributed by atoms with Gasteiger partial charge >= 0.3 is 12.0 Å². The van der Waals surface area contributed by atoms with E-state index in [2.05, 4.69) is 27.7 Å². The molecule has 146 valence electrons. The fourth-order valence-corrected chi connectivity index (χ4v) is 3.83. The van der Waals surface area contributed by atoms with Crippen molar-refractivity contribution in [3.63, 3.8) is 0 Å². The number of furan rings is 1. The van der Waals surface area contributed by atoms with Gasteiger partial charge in [0, 0.05) is 12.2 Å². The molecule has 0 fully saturated rings. The van der Waals surface area contributed by atoms with E-state index in [1.165, 1.54) is 11.8 Å². The number of rotatable bonds is 5. The molecular formula is C21H23N3O4. The zero-order valence-corrected chi connectivity index (χ0v) is 15.7. The number of fused-ring (bicyclic) bond motifs is 1. The van der Waals surface area contributed by atoms with Gasteiger partial charge in [0.15, 0.2) is 0 Å². The van der Waals surface area contributed by atoms with Gasteiger partial charge in [0.05, 0.1) is 30.7 Å². The maximum absolute atomic E-state index is 12.8. The van der Waals surface area contributed by atoms with Gasteiger partial charge < -0.3 is 24.7 Å². The van der Waals surface area contributed by atoms with Gasteiger partial charge in [-0.25, -0.2) is 9.59 Å². The first-order valence-corrected chi connectivity index (χ1v) is 9.51. The molecule has 0 aliphatic carbocycles. The Morgan fingerprint density at radius 3 is 2.93 bits per heavy atom. The fourth-order valence-electron chi connectivity index (χ4n) is 3.83. The van der Waals surface area contributed by atoms with Gasteiger partial charge in [-0.2, -0.15) is 0 Å². The normalized spacial score (nSPS) is 19.0. The Balaban J connectivity index is 1.73. The van der Waals surface area contributed by atoms with E-state index in [9.17, 15) is 9.59 Å². The van der Waals surface area contributed by atoms with Crippen LogP contribution in [0.5, 0.6) is 0 Å². The summed E-state index contributed by atoms with van der Waals surface area (Å²) in [7, 11) is 0. The summed E-state index contributed by atoms with van der Waals surface area (Å²) >= 11 is 0. The van der Waals surface area contributed by atoms with Crippen LogP contribution in [-0.2, 0) is 16.0 Å². The summed E-state index contributed by atoms with van der Waals surface area (Å²) in [6.07, 6.45) is 3.57. The van der Waals surface area contributed by atoms with E-state index in [1.54, 1.807) is 19.1 Å². The van der Waals surface area contributed by atoms with Gasteiger partial charge in [0.25, 0.3) is 0 Å². The molecule has 2 amide bonds. The molecule has 0 unspecified atom stereocenters. The van der Waals surface area contributed by atoms with Crippen molar-refractivity contribution in [3.05, 3.63) is 65.3 Å². The Kier molecular flexibility index (Phi) is 5.06. The molecule has 0 bridgehead atoms. The van der Waals surface area contributed by atoms with E-state index in [1.807, 2.05) is 12.1 Å². The van der Waals surface area contributed by atoms with E-state index >= 15 is 0 Å². The first-order chi connectivity index (χ1) is 13.7. The number of urea groups is 1. The summed E-state index contributed by atoms with van der Waals surface area (Å²) < 4.78 is 10.8. The highest BCUT2D eigenvalue weighted by atomic mass is 16.5. The minimum Gasteiger partial charge on any atom is -0.467 e. The molecule has 2 aliphatic heterocycles. The summed E-state index contributed by atoms with van der Waals surface area (Å²) in [6, 6.07) is 10.7. The predicted molar refractivity (Wildman–Crippen MR) is 104 cm³/mol. The average Bonchev–Trinajstić information content (AvgIpc) is 3.23. The summed E-state index contributed by atoms with van der Waals surface area (Å²) in [6.45, 7) is 3.28. The van der Waals surface area contributed by atoms with Gasteiger partial charge in [-0.1, -0.05) is 18.2 Å². The predicted octanol–water partition coefficient (Wildman–Crippen LogP) is 2.90. The fraction of sp³-hybridized carbons (Fsp3) is 0.333. The van der Waals surface area contributed by atoms with Crippen molar-refractivity contribution in [2.24, 2.45) is 0 Å². The summed E-state index contributed by atoms with van der Waals surface area (Å²) in [4.78, 5) is 27.3. The van der Waals surface area contributed by atoms with Gasteiger partial charge in [-0.05, 0) is 43.5 Å². The molecule has 0 radical (unpaired) electrons. The second kappa shape index (κ2) is 7.80. The number of carbonyl (C=O) groups is 2. The largest absolute Gasteiger partial charge is 0.467 e. The first-order valence-electron chi connectivity index (χ1n) is 9.51. The van der Waals surface area contributed by atoms with Crippen molar-refractivity contribution in [2.45, 2.75) is 25.8 Å². The maximum atomic E-state index is 12.8. The zero-order chi connectivity index (χ0) is 19.5. The van der Waals surface area contributed by atoms with Crippen LogP contribution in [0.2, 0.25) is 0 Å². The van der Waals surface area contributed by atoms with Crippen molar-refractivity contribution in [1.82, 2.24) is 10.6 Å². The van der Waals surface area contributed by atoms with Gasteiger partial charge in [0.1, 0.15) is 11.8 Å². The number of nitrogens with zero attached hydrogens (tertiary/aromatic N) is 1. The minimum absolute atomic E-state index is 0.251. The highest BCUT2D eigenvalue weighted by Gasteiger charge is 2.36. The van der Waals surface area contributed by atoms with Crippen LogP contribution in [0.15, 0.2) is 58.3 Å². The lowest BCUT2D eigenvalue weighted by atomic mass is 9.98. The first kappa shape index (κ1) is 18.2. The number of benzene rings is 1. The van der Waals surface area contributed by atoms with E-state index < -0.39 is 12.0 Å². The molecule has 2 aliphatic rings. The van der Waals surface area contributed by atoms with Gasteiger partial charge in [0.2, 0.25) is 0 Å². The topological polar surface area (TPSA) is 83.8 Å². The molecule has 0 spiro atoms. The third-order valence-electron chi connectivity index (χ3n) is 5.03. The number of hydrogen-bond donors (Lipinski definition) is 2. The highest BCUT2D eigenvalue weighted by Crippen LogP contribution is 2.31. The summed E-state index contributed by atoms with van der Waals surface area (Å²) in [5.74, 6) is 0.0335. The van der Waals surface area contributed by atoms with Crippen molar-refractivity contribution >= 4 is 17.7 Å². The lowest BCUT2D eigenvalue weighted by molar-refractivity contribution is -0.139. The molecule has 4 rings (SSSR count). The molecule has 0 saturated carbocycles. The van der Waals surface area contributed by atoms with Crippen molar-refractivity contribution in [2.75, 3.05) is 24.6 Å². The number of aryl methyl sites for hydroxylation is 1. The molecular weight excluding hydrogens is 358 g/mol. The molecule has 1 aromatic heterocycles. The van der Waals surface area contributed by atoms with Crippen LogP contribution in [-0.4, -0.2) is 31.7 Å². The average molecular weight is 381 g/mol. The van der Waals surface area contributed by atoms with E-state index in [0.717, 1.165) is 25.1 Å². The number of para-hydroxylation sites is 1. The molecule has 7 heteroatoms. The molecule has 7 nitrogen and oxygen atoms in total. The minimum atomic E-state index is -0.683. The standard InChI is InChI=1S/C21H23N3O4/c1-2-27-20(25)18-15(22-21(26)23-19(18)17-10-6-12-28-17)13-24-11-5-8-14-7-3-4-9-16(14)24/h3-4,6-7,9-10,12,19H,2,5,8,11,13H2,1H3,(H2,22,23,26)/t19-/m1/s1. The smallest absolute Gasteiger partial charge is 0.338 e. The van der Waals surface area contributed by atoms with Crippen molar-refractivity contribution in [1.29, 1.82) is 0 Å². The molecule has 1 atom stereocenters. The third kappa shape index (κ3) is 3.47. The third-order valence-corrected chi connectivity index (χ3v) is 5.03. The second-order valence-electron chi connectivity index (χ2n) is 6.81.